The van der Waals surface area contributed by atoms with Crippen LogP contribution in [0.3, 0.4) is 0 Å². The molecule has 1 heterocycles. The molecule has 2 aromatic rings. The summed E-state index contributed by atoms with van der Waals surface area (Å²) in [7, 11) is 0. The maximum Gasteiger partial charge on any atom is 0.259 e. The van der Waals surface area contributed by atoms with E-state index in [2.05, 4.69) is 37.2 Å². The molecule has 0 bridgehead atoms. The number of hydrogen-bond acceptors (Lipinski definition) is 3. The Balaban J connectivity index is 2.29. The van der Waals surface area contributed by atoms with Gasteiger partial charge in [-0.1, -0.05) is 6.92 Å². The Hall–Kier alpha value is -1.27. The fraction of sp³-hybridized carbons (Fsp3) is 0.154. The highest BCUT2D eigenvalue weighted by Gasteiger charge is 2.16. The summed E-state index contributed by atoms with van der Waals surface area (Å²) in [6.07, 6.45) is 2.18. The zero-order chi connectivity index (χ0) is 14.0. The van der Waals surface area contributed by atoms with Crippen molar-refractivity contribution in [1.29, 1.82) is 0 Å². The number of rotatable bonds is 3. The number of amides is 1. The van der Waals surface area contributed by atoms with E-state index in [0.29, 0.717) is 38.1 Å². The zero-order valence-corrected chi connectivity index (χ0v) is 13.3. The summed E-state index contributed by atoms with van der Waals surface area (Å²) < 4.78 is 6.68. The van der Waals surface area contributed by atoms with E-state index in [9.17, 15) is 4.79 Å². The number of carbonyl (C=O) groups excluding carboxylic acids is 1. The number of nitrogens with one attached hydrogen (secondary N) is 1. The molecule has 2 rings (SSSR count). The zero-order valence-electron chi connectivity index (χ0n) is 10.2. The van der Waals surface area contributed by atoms with Crippen LogP contribution >= 0.6 is 31.9 Å². The summed E-state index contributed by atoms with van der Waals surface area (Å²) in [5.74, 6) is 0.456. The Morgan fingerprint density at radius 1 is 1.37 bits per heavy atom. The van der Waals surface area contributed by atoms with Crippen LogP contribution in [-0.2, 0) is 6.42 Å². The molecular formula is C13H12Br2N2O2. The van der Waals surface area contributed by atoms with Gasteiger partial charge in [-0.2, -0.15) is 0 Å². The monoisotopic (exact) mass is 386 g/mol. The van der Waals surface area contributed by atoms with Gasteiger partial charge in [0.05, 0.1) is 17.5 Å². The number of benzene rings is 1. The van der Waals surface area contributed by atoms with Gasteiger partial charge in [-0.15, -0.1) is 0 Å². The van der Waals surface area contributed by atoms with Gasteiger partial charge in [0, 0.05) is 21.1 Å². The quantitative estimate of drug-likeness (QED) is 0.775. The predicted molar refractivity (Wildman–Crippen MR) is 82.3 cm³/mol. The minimum absolute atomic E-state index is 0.211. The Bertz CT molecular complexity index is 600. The molecule has 19 heavy (non-hydrogen) atoms. The van der Waals surface area contributed by atoms with Gasteiger partial charge < -0.3 is 15.5 Å². The lowest BCUT2D eigenvalue weighted by atomic mass is 10.2. The van der Waals surface area contributed by atoms with E-state index in [0.717, 1.165) is 0 Å². The van der Waals surface area contributed by atoms with Gasteiger partial charge in [0.1, 0.15) is 5.76 Å². The van der Waals surface area contributed by atoms with Crippen molar-refractivity contribution < 1.29 is 9.21 Å². The van der Waals surface area contributed by atoms with Crippen LogP contribution in [0.1, 0.15) is 23.0 Å². The topological polar surface area (TPSA) is 68.3 Å². The number of aryl methyl sites for hydroxylation is 1. The largest absolute Gasteiger partial charge is 0.469 e. The molecule has 6 heteroatoms. The lowest BCUT2D eigenvalue weighted by Gasteiger charge is -2.10. The number of furan rings is 1. The molecule has 0 spiro atoms. The Labute approximate surface area is 127 Å². The summed E-state index contributed by atoms with van der Waals surface area (Å²) in [6, 6.07) is 5.13. The van der Waals surface area contributed by atoms with Gasteiger partial charge in [-0.25, -0.2) is 0 Å². The summed E-state index contributed by atoms with van der Waals surface area (Å²) in [5.41, 5.74) is 7.50. The molecule has 0 atom stereocenters. The maximum absolute atomic E-state index is 12.2. The van der Waals surface area contributed by atoms with Crippen molar-refractivity contribution in [2.24, 2.45) is 0 Å². The molecule has 1 aromatic carbocycles. The van der Waals surface area contributed by atoms with Gasteiger partial charge in [0.15, 0.2) is 0 Å². The number of hydrogen-bond donors (Lipinski definition) is 2. The standard InChI is InChI=1S/C13H12Br2N2O2/c1-2-11-8(3-4-19-11)13(18)17-12-9(14)5-7(16)6-10(12)15/h3-6H,2,16H2,1H3,(H,17,18). The second-order valence-electron chi connectivity index (χ2n) is 3.92. The summed E-state index contributed by atoms with van der Waals surface area (Å²) in [6.45, 7) is 1.94. The number of anilines is 2. The van der Waals surface area contributed by atoms with Crippen LogP contribution in [0, 0.1) is 0 Å². The fourth-order valence-corrected chi connectivity index (χ4v) is 3.13. The molecule has 0 aliphatic heterocycles. The first kappa shape index (κ1) is 14.1. The average molecular weight is 388 g/mol. The first-order valence-corrected chi connectivity index (χ1v) is 7.23. The molecule has 1 aromatic heterocycles. The van der Waals surface area contributed by atoms with Crippen LogP contribution in [0.4, 0.5) is 11.4 Å². The normalized spacial score (nSPS) is 10.5. The van der Waals surface area contributed by atoms with Gasteiger partial charge in [0.2, 0.25) is 0 Å². The van der Waals surface area contributed by atoms with Crippen molar-refractivity contribution in [3.8, 4) is 0 Å². The van der Waals surface area contributed by atoms with Crippen molar-refractivity contribution in [2.75, 3.05) is 11.1 Å². The highest BCUT2D eigenvalue weighted by Crippen LogP contribution is 2.33. The molecule has 4 nitrogen and oxygen atoms in total. The van der Waals surface area contributed by atoms with Gasteiger partial charge in [0.25, 0.3) is 5.91 Å². The number of carbonyl (C=O) groups is 1. The number of halogens is 2. The molecule has 0 saturated carbocycles. The summed E-state index contributed by atoms with van der Waals surface area (Å²) >= 11 is 6.75. The van der Waals surface area contributed by atoms with Gasteiger partial charge in [-0.05, 0) is 50.1 Å². The number of nitrogen functional groups attached to an aromatic ring is 1. The molecule has 100 valence electrons. The van der Waals surface area contributed by atoms with E-state index >= 15 is 0 Å². The molecule has 0 unspecified atom stereocenters. The summed E-state index contributed by atoms with van der Waals surface area (Å²) in [5, 5.41) is 2.83. The second-order valence-corrected chi connectivity index (χ2v) is 5.63. The first-order chi connectivity index (χ1) is 9.02. The van der Waals surface area contributed by atoms with Crippen LogP contribution in [0.5, 0.6) is 0 Å². The van der Waals surface area contributed by atoms with E-state index in [4.69, 9.17) is 10.2 Å². The van der Waals surface area contributed by atoms with Gasteiger partial charge in [-0.3, -0.25) is 4.79 Å². The summed E-state index contributed by atoms with van der Waals surface area (Å²) in [4.78, 5) is 12.2. The third-order valence-electron chi connectivity index (χ3n) is 2.61. The van der Waals surface area contributed by atoms with E-state index in [1.807, 2.05) is 6.92 Å². The molecule has 0 fully saturated rings. The second kappa shape index (κ2) is 5.79. The Morgan fingerprint density at radius 3 is 2.58 bits per heavy atom. The van der Waals surface area contributed by atoms with E-state index in [1.165, 1.54) is 6.26 Å². The van der Waals surface area contributed by atoms with Crippen LogP contribution in [0.15, 0.2) is 37.8 Å². The molecule has 1 amide bonds. The predicted octanol–water partition coefficient (Wildman–Crippen LogP) is 4.20. The van der Waals surface area contributed by atoms with Crippen LogP contribution in [0.25, 0.3) is 0 Å². The van der Waals surface area contributed by atoms with Crippen LogP contribution < -0.4 is 11.1 Å². The van der Waals surface area contributed by atoms with Crippen LogP contribution in [-0.4, -0.2) is 5.91 Å². The molecule has 0 aliphatic carbocycles. The smallest absolute Gasteiger partial charge is 0.259 e. The molecule has 3 N–H and O–H groups in total. The third kappa shape index (κ3) is 3.01. The van der Waals surface area contributed by atoms with E-state index < -0.39 is 0 Å². The van der Waals surface area contributed by atoms with E-state index in [-0.39, 0.29) is 5.91 Å². The van der Waals surface area contributed by atoms with Crippen molar-refractivity contribution >= 4 is 49.1 Å². The fourth-order valence-electron chi connectivity index (χ4n) is 1.71. The lowest BCUT2D eigenvalue weighted by molar-refractivity contribution is 0.102. The Kier molecular flexibility index (Phi) is 4.31. The first-order valence-electron chi connectivity index (χ1n) is 5.65. The highest BCUT2D eigenvalue weighted by molar-refractivity contribution is 9.11. The third-order valence-corrected chi connectivity index (χ3v) is 3.86. The van der Waals surface area contributed by atoms with Crippen LogP contribution in [0.2, 0.25) is 0 Å². The van der Waals surface area contributed by atoms with Crippen molar-refractivity contribution in [1.82, 2.24) is 0 Å². The Morgan fingerprint density at radius 2 is 2.00 bits per heavy atom. The molecule has 0 aliphatic rings. The number of nitrogens with two attached hydrogens (primary N) is 1. The lowest BCUT2D eigenvalue weighted by Crippen LogP contribution is -2.13. The molecule has 0 radical (unpaired) electrons. The minimum Gasteiger partial charge on any atom is -0.469 e. The maximum atomic E-state index is 12.2. The molecular weight excluding hydrogens is 376 g/mol. The van der Waals surface area contributed by atoms with Crippen molar-refractivity contribution in [3.05, 3.63) is 44.7 Å². The van der Waals surface area contributed by atoms with Gasteiger partial charge >= 0.3 is 0 Å². The van der Waals surface area contributed by atoms with E-state index in [1.54, 1.807) is 18.2 Å². The van der Waals surface area contributed by atoms with Crippen molar-refractivity contribution in [3.63, 3.8) is 0 Å². The van der Waals surface area contributed by atoms with Crippen molar-refractivity contribution in [2.45, 2.75) is 13.3 Å². The SMILES string of the molecule is CCc1occc1C(=O)Nc1c(Br)cc(N)cc1Br. The minimum atomic E-state index is -0.211. The molecule has 0 saturated heterocycles. The highest BCUT2D eigenvalue weighted by atomic mass is 79.9. The average Bonchev–Trinajstić information content (AvgIpc) is 2.81.